The Morgan fingerprint density at radius 1 is 1.29 bits per heavy atom. The van der Waals surface area contributed by atoms with Crippen molar-refractivity contribution >= 4 is 11.6 Å². The van der Waals surface area contributed by atoms with Crippen LogP contribution in [0.2, 0.25) is 5.02 Å². The molecule has 0 bridgehead atoms. The average Bonchev–Trinajstić information content (AvgIpc) is 3.00. The van der Waals surface area contributed by atoms with Gasteiger partial charge in [0, 0.05) is 10.6 Å². The maximum Gasteiger partial charge on any atom is 0.258 e. The maximum atomic E-state index is 5.88. The Labute approximate surface area is 101 Å². The minimum atomic E-state index is 0.359. The number of H-pyrrole nitrogens is 1. The Kier molecular flexibility index (Phi) is 2.34. The quantitative estimate of drug-likeness (QED) is 0.751. The standard InChI is InChI=1S/C10H6ClN5O/c11-7-3-1-2-6(4-7)10-14-9(16-17-10)8-12-5-13-15-8/h1-5H,(H,12,13,15). The van der Waals surface area contributed by atoms with Gasteiger partial charge >= 0.3 is 0 Å². The molecule has 6 nitrogen and oxygen atoms in total. The second-order valence-electron chi connectivity index (χ2n) is 3.27. The predicted octanol–water partition coefficient (Wildman–Crippen LogP) is 2.18. The molecule has 2 aromatic heterocycles. The van der Waals surface area contributed by atoms with Crippen LogP contribution < -0.4 is 0 Å². The van der Waals surface area contributed by atoms with Crippen LogP contribution in [0.4, 0.5) is 0 Å². The summed E-state index contributed by atoms with van der Waals surface area (Å²) in [7, 11) is 0. The van der Waals surface area contributed by atoms with Crippen molar-refractivity contribution in [3.05, 3.63) is 35.6 Å². The van der Waals surface area contributed by atoms with Crippen molar-refractivity contribution in [2.45, 2.75) is 0 Å². The number of rotatable bonds is 2. The van der Waals surface area contributed by atoms with E-state index in [1.165, 1.54) is 6.33 Å². The van der Waals surface area contributed by atoms with Crippen molar-refractivity contribution in [3.63, 3.8) is 0 Å². The second kappa shape index (κ2) is 3.99. The van der Waals surface area contributed by atoms with Gasteiger partial charge in [0.25, 0.3) is 5.89 Å². The molecule has 84 valence electrons. The molecule has 17 heavy (non-hydrogen) atoms. The monoisotopic (exact) mass is 247 g/mol. The molecular weight excluding hydrogens is 242 g/mol. The molecule has 0 unspecified atom stereocenters. The lowest BCUT2D eigenvalue weighted by Crippen LogP contribution is -1.83. The summed E-state index contributed by atoms with van der Waals surface area (Å²) in [6.45, 7) is 0. The largest absolute Gasteiger partial charge is 0.333 e. The smallest absolute Gasteiger partial charge is 0.258 e. The summed E-state index contributed by atoms with van der Waals surface area (Å²) in [5.41, 5.74) is 0.760. The molecule has 0 spiro atoms. The van der Waals surface area contributed by atoms with E-state index in [1.54, 1.807) is 12.1 Å². The molecular formula is C10H6ClN5O. The van der Waals surface area contributed by atoms with E-state index in [2.05, 4.69) is 25.3 Å². The summed E-state index contributed by atoms with van der Waals surface area (Å²) in [6, 6.07) is 7.18. The van der Waals surface area contributed by atoms with E-state index in [0.717, 1.165) is 5.56 Å². The summed E-state index contributed by atoms with van der Waals surface area (Å²) in [5, 5.41) is 10.8. The number of hydrogen-bond donors (Lipinski definition) is 1. The average molecular weight is 248 g/mol. The topological polar surface area (TPSA) is 80.5 Å². The molecule has 0 aliphatic carbocycles. The number of benzene rings is 1. The van der Waals surface area contributed by atoms with E-state index < -0.39 is 0 Å². The molecule has 0 fully saturated rings. The lowest BCUT2D eigenvalue weighted by molar-refractivity contribution is 0.432. The molecule has 3 rings (SSSR count). The molecule has 0 aliphatic heterocycles. The summed E-state index contributed by atoms with van der Waals surface area (Å²) >= 11 is 5.88. The van der Waals surface area contributed by atoms with Crippen LogP contribution in [0.25, 0.3) is 23.1 Å². The van der Waals surface area contributed by atoms with Crippen molar-refractivity contribution < 1.29 is 4.52 Å². The first-order valence-corrected chi connectivity index (χ1v) is 5.16. The fraction of sp³-hybridized carbons (Fsp3) is 0. The summed E-state index contributed by atoms with van der Waals surface area (Å²) in [4.78, 5) is 8.13. The normalized spacial score (nSPS) is 10.6. The number of halogens is 1. The van der Waals surface area contributed by atoms with Crippen LogP contribution >= 0.6 is 11.6 Å². The zero-order valence-corrected chi connectivity index (χ0v) is 9.22. The number of nitrogens with one attached hydrogen (secondary N) is 1. The van der Waals surface area contributed by atoms with Gasteiger partial charge in [-0.25, -0.2) is 4.98 Å². The van der Waals surface area contributed by atoms with E-state index in [9.17, 15) is 0 Å². The molecule has 0 saturated heterocycles. The summed E-state index contributed by atoms with van der Waals surface area (Å²) < 4.78 is 5.12. The third-order valence-electron chi connectivity index (χ3n) is 2.12. The number of nitrogens with zero attached hydrogens (tertiary/aromatic N) is 4. The van der Waals surface area contributed by atoms with Gasteiger partial charge in [0.1, 0.15) is 6.33 Å². The molecule has 0 aliphatic rings. The van der Waals surface area contributed by atoms with Gasteiger partial charge in [-0.05, 0) is 18.2 Å². The Hall–Kier alpha value is -2.21. The van der Waals surface area contributed by atoms with Gasteiger partial charge in [-0.1, -0.05) is 22.8 Å². The zero-order valence-electron chi connectivity index (χ0n) is 8.46. The Morgan fingerprint density at radius 3 is 3.00 bits per heavy atom. The van der Waals surface area contributed by atoms with Crippen molar-refractivity contribution in [2.75, 3.05) is 0 Å². The first-order valence-electron chi connectivity index (χ1n) is 4.78. The fourth-order valence-electron chi connectivity index (χ4n) is 1.37. The van der Waals surface area contributed by atoms with Crippen LogP contribution in [0.15, 0.2) is 35.1 Å². The van der Waals surface area contributed by atoms with Crippen LogP contribution in [0, 0.1) is 0 Å². The zero-order chi connectivity index (χ0) is 11.7. The molecule has 1 aromatic carbocycles. The number of aromatic amines is 1. The van der Waals surface area contributed by atoms with Gasteiger partial charge in [0.15, 0.2) is 5.82 Å². The second-order valence-corrected chi connectivity index (χ2v) is 3.70. The minimum Gasteiger partial charge on any atom is -0.333 e. The lowest BCUT2D eigenvalue weighted by atomic mass is 10.2. The highest BCUT2D eigenvalue weighted by molar-refractivity contribution is 6.30. The van der Waals surface area contributed by atoms with E-state index in [1.807, 2.05) is 12.1 Å². The molecule has 2 heterocycles. The first kappa shape index (κ1) is 9.98. The van der Waals surface area contributed by atoms with E-state index >= 15 is 0 Å². The van der Waals surface area contributed by atoms with Gasteiger partial charge in [-0.3, -0.25) is 5.10 Å². The highest BCUT2D eigenvalue weighted by atomic mass is 35.5. The Balaban J connectivity index is 2.01. The van der Waals surface area contributed by atoms with Crippen LogP contribution in [0.3, 0.4) is 0 Å². The van der Waals surface area contributed by atoms with Gasteiger partial charge < -0.3 is 4.52 Å². The Morgan fingerprint density at radius 2 is 2.24 bits per heavy atom. The van der Waals surface area contributed by atoms with Crippen LogP contribution in [-0.2, 0) is 0 Å². The molecule has 0 atom stereocenters. The maximum absolute atomic E-state index is 5.88. The van der Waals surface area contributed by atoms with Crippen molar-refractivity contribution in [1.82, 2.24) is 25.3 Å². The highest BCUT2D eigenvalue weighted by Gasteiger charge is 2.12. The van der Waals surface area contributed by atoms with E-state index in [-0.39, 0.29) is 0 Å². The van der Waals surface area contributed by atoms with Gasteiger partial charge in [0.2, 0.25) is 5.82 Å². The third-order valence-corrected chi connectivity index (χ3v) is 2.36. The van der Waals surface area contributed by atoms with Crippen LogP contribution in [0.1, 0.15) is 0 Å². The van der Waals surface area contributed by atoms with Gasteiger partial charge in [-0.2, -0.15) is 10.1 Å². The SMILES string of the molecule is Clc1cccc(-c2nc(-c3ncn[nH]3)no2)c1. The van der Waals surface area contributed by atoms with Crippen molar-refractivity contribution in [1.29, 1.82) is 0 Å². The van der Waals surface area contributed by atoms with Crippen LogP contribution in [0.5, 0.6) is 0 Å². The molecule has 7 heteroatoms. The Bertz CT molecular complexity index is 634. The molecule has 1 N–H and O–H groups in total. The summed E-state index contributed by atoms with van der Waals surface area (Å²) in [5.74, 6) is 1.21. The minimum absolute atomic E-state index is 0.359. The van der Waals surface area contributed by atoms with Crippen molar-refractivity contribution in [3.8, 4) is 23.1 Å². The van der Waals surface area contributed by atoms with Gasteiger partial charge in [0.05, 0.1) is 0 Å². The number of aromatic nitrogens is 5. The molecule has 3 aromatic rings. The molecule has 0 radical (unpaired) electrons. The fourth-order valence-corrected chi connectivity index (χ4v) is 1.56. The predicted molar refractivity (Wildman–Crippen MR) is 60.1 cm³/mol. The third kappa shape index (κ3) is 1.90. The molecule has 0 amide bonds. The number of hydrogen-bond acceptors (Lipinski definition) is 5. The lowest BCUT2D eigenvalue weighted by Gasteiger charge is -1.93. The van der Waals surface area contributed by atoms with E-state index in [4.69, 9.17) is 16.1 Å². The van der Waals surface area contributed by atoms with Gasteiger partial charge in [-0.15, -0.1) is 0 Å². The van der Waals surface area contributed by atoms with E-state index in [0.29, 0.717) is 22.6 Å². The first-order chi connectivity index (χ1) is 8.33. The van der Waals surface area contributed by atoms with Crippen LogP contribution in [-0.4, -0.2) is 25.3 Å². The van der Waals surface area contributed by atoms with Crippen molar-refractivity contribution in [2.24, 2.45) is 0 Å². The molecule has 0 saturated carbocycles. The summed E-state index contributed by atoms with van der Waals surface area (Å²) in [6.07, 6.45) is 1.38. The highest BCUT2D eigenvalue weighted by Crippen LogP contribution is 2.22.